The number of aromatic amines is 1. The number of hydrogen-bond acceptors (Lipinski definition) is 5. The Bertz CT molecular complexity index is 1160. The van der Waals surface area contributed by atoms with E-state index in [9.17, 15) is 14.4 Å². The molecule has 27 heavy (non-hydrogen) atoms. The van der Waals surface area contributed by atoms with Gasteiger partial charge in [0.2, 0.25) is 6.33 Å². The van der Waals surface area contributed by atoms with Crippen molar-refractivity contribution in [2.75, 3.05) is 0 Å². The van der Waals surface area contributed by atoms with Crippen molar-refractivity contribution in [2.45, 2.75) is 13.5 Å². The average Bonchev–Trinajstić information content (AvgIpc) is 3.28. The molecule has 0 aromatic carbocycles. The van der Waals surface area contributed by atoms with Crippen LogP contribution in [0, 0.1) is 0 Å². The molecule has 0 spiro atoms. The van der Waals surface area contributed by atoms with Gasteiger partial charge in [-0.1, -0.05) is 0 Å². The fourth-order valence-corrected chi connectivity index (χ4v) is 2.61. The Kier molecular flexibility index (Phi) is 4.88. The van der Waals surface area contributed by atoms with Crippen molar-refractivity contribution in [3.8, 4) is 0 Å². The maximum absolute atomic E-state index is 12.4. The zero-order valence-corrected chi connectivity index (χ0v) is 15.1. The van der Waals surface area contributed by atoms with E-state index in [0.717, 1.165) is 10.1 Å². The van der Waals surface area contributed by atoms with Crippen LogP contribution >= 0.6 is 0 Å². The summed E-state index contributed by atoms with van der Waals surface area (Å²) in [5.41, 5.74) is 2.83. The topological polar surface area (TPSA) is 118 Å². The third-order valence-electron chi connectivity index (χ3n) is 3.97. The Morgan fingerprint density at radius 2 is 2.15 bits per heavy atom. The summed E-state index contributed by atoms with van der Waals surface area (Å²) in [5, 5.41) is 3.89. The minimum atomic E-state index is -0.483. The number of imidazole rings is 1. The molecule has 2 N–H and O–H groups in total. The van der Waals surface area contributed by atoms with Gasteiger partial charge < -0.3 is 4.42 Å². The summed E-state index contributed by atoms with van der Waals surface area (Å²) in [7, 11) is 2.93. The first-order chi connectivity index (χ1) is 12.9. The zero-order chi connectivity index (χ0) is 19.6. The lowest BCUT2D eigenvalue weighted by Crippen LogP contribution is -2.46. The number of amides is 1. The minimum Gasteiger partial charge on any atom is -0.465 e. The van der Waals surface area contributed by atoms with Crippen LogP contribution in [0.1, 0.15) is 12.7 Å². The molecule has 0 bridgehead atoms. The number of carbonyl (C=O) groups is 1. The second kappa shape index (κ2) is 7.28. The molecule has 0 unspecified atom stereocenters. The van der Waals surface area contributed by atoms with Gasteiger partial charge in [-0.05, 0) is 30.7 Å². The lowest BCUT2D eigenvalue weighted by molar-refractivity contribution is -0.659. The summed E-state index contributed by atoms with van der Waals surface area (Å²) in [6.45, 7) is 1.68. The van der Waals surface area contributed by atoms with Crippen molar-refractivity contribution in [1.82, 2.24) is 19.5 Å². The van der Waals surface area contributed by atoms with E-state index in [1.807, 2.05) is 6.92 Å². The molecule has 0 aliphatic heterocycles. The largest absolute Gasteiger partial charge is 0.465 e. The predicted octanol–water partition coefficient (Wildman–Crippen LogP) is -0.349. The predicted molar refractivity (Wildman–Crippen MR) is 98.0 cm³/mol. The summed E-state index contributed by atoms with van der Waals surface area (Å²) >= 11 is 0. The normalized spacial score (nSPS) is 12.2. The molecular weight excluding hydrogens is 352 g/mol. The van der Waals surface area contributed by atoms with Crippen molar-refractivity contribution in [1.29, 1.82) is 0 Å². The molecule has 3 heterocycles. The Morgan fingerprint density at radius 1 is 1.37 bits per heavy atom. The summed E-state index contributed by atoms with van der Waals surface area (Å²) in [5.74, 6) is 0.264. The maximum atomic E-state index is 12.4. The Hall–Kier alpha value is -3.69. The standard InChI is InChI=1S/C17H18N6O4/c1-11(7-12-5-4-6-27-12)8-19-20-13(24)9-23-10-18-15-14(23)16(25)22(3)17(26)21(15)2/h4-8,10H,9H2,1-3H3,(H,20,24)/p+1. The number of furan rings is 1. The number of rotatable bonds is 5. The smallest absolute Gasteiger partial charge is 0.333 e. The zero-order valence-electron chi connectivity index (χ0n) is 15.1. The Balaban J connectivity index is 1.74. The van der Waals surface area contributed by atoms with E-state index in [1.54, 1.807) is 31.5 Å². The summed E-state index contributed by atoms with van der Waals surface area (Å²) < 4.78 is 8.93. The highest BCUT2D eigenvalue weighted by Gasteiger charge is 2.21. The van der Waals surface area contributed by atoms with Crippen LogP contribution in [0.25, 0.3) is 17.2 Å². The quantitative estimate of drug-likeness (QED) is 0.362. The first kappa shape index (κ1) is 18.1. The molecule has 0 fully saturated rings. The molecule has 3 rings (SSSR count). The summed E-state index contributed by atoms with van der Waals surface area (Å²) in [6.07, 6.45) is 6.30. The number of nitrogens with one attached hydrogen (secondary N) is 2. The van der Waals surface area contributed by atoms with E-state index in [0.29, 0.717) is 11.4 Å². The third kappa shape index (κ3) is 3.64. The van der Waals surface area contributed by atoms with Gasteiger partial charge in [-0.2, -0.15) is 5.10 Å². The van der Waals surface area contributed by atoms with Crippen LogP contribution < -0.4 is 21.2 Å². The molecule has 1 amide bonds. The van der Waals surface area contributed by atoms with Gasteiger partial charge in [-0.25, -0.2) is 19.8 Å². The van der Waals surface area contributed by atoms with E-state index in [4.69, 9.17) is 4.42 Å². The Morgan fingerprint density at radius 3 is 2.85 bits per heavy atom. The fraction of sp³-hybridized carbons (Fsp3) is 0.235. The van der Waals surface area contributed by atoms with Crippen molar-refractivity contribution < 1.29 is 13.8 Å². The van der Waals surface area contributed by atoms with E-state index in [2.05, 4.69) is 15.5 Å². The molecule has 0 aliphatic rings. The van der Waals surface area contributed by atoms with Gasteiger partial charge in [-0.3, -0.25) is 18.7 Å². The molecule has 0 radical (unpaired) electrons. The number of nitrogens with zero attached hydrogens (tertiary/aromatic N) is 4. The van der Waals surface area contributed by atoms with Gasteiger partial charge in [0.25, 0.3) is 17.1 Å². The summed E-state index contributed by atoms with van der Waals surface area (Å²) in [4.78, 5) is 39.3. The number of hydrazone groups is 1. The monoisotopic (exact) mass is 371 g/mol. The highest BCUT2D eigenvalue weighted by Crippen LogP contribution is 2.05. The minimum absolute atomic E-state index is 0.133. The molecule has 3 aromatic rings. The first-order valence-electron chi connectivity index (χ1n) is 8.08. The highest BCUT2D eigenvalue weighted by atomic mass is 16.3. The van der Waals surface area contributed by atoms with E-state index < -0.39 is 17.2 Å². The molecule has 0 atom stereocenters. The van der Waals surface area contributed by atoms with Crippen LogP contribution in [0.15, 0.2) is 49.4 Å². The molecule has 10 heteroatoms. The van der Waals surface area contributed by atoms with Crippen LogP contribution in [0.2, 0.25) is 0 Å². The lowest BCUT2D eigenvalue weighted by Gasteiger charge is -2.01. The van der Waals surface area contributed by atoms with Crippen LogP contribution in [0.5, 0.6) is 0 Å². The molecule has 140 valence electrons. The maximum Gasteiger partial charge on any atom is 0.333 e. The molecule has 3 aromatic heterocycles. The lowest BCUT2D eigenvalue weighted by atomic mass is 10.3. The van der Waals surface area contributed by atoms with Gasteiger partial charge >= 0.3 is 11.2 Å². The van der Waals surface area contributed by atoms with Crippen LogP contribution in [0.4, 0.5) is 0 Å². The van der Waals surface area contributed by atoms with Crippen molar-refractivity contribution in [3.63, 3.8) is 0 Å². The van der Waals surface area contributed by atoms with Gasteiger partial charge in [0.1, 0.15) is 5.76 Å². The van der Waals surface area contributed by atoms with E-state index in [-0.39, 0.29) is 12.1 Å². The number of H-pyrrole nitrogens is 1. The number of fused-ring (bicyclic) bond motifs is 1. The fourth-order valence-electron chi connectivity index (χ4n) is 2.61. The van der Waals surface area contributed by atoms with Crippen LogP contribution in [-0.4, -0.2) is 26.2 Å². The van der Waals surface area contributed by atoms with Crippen molar-refractivity contribution >= 4 is 29.4 Å². The second-order valence-corrected chi connectivity index (χ2v) is 6.00. The van der Waals surface area contributed by atoms with E-state index in [1.165, 1.54) is 28.7 Å². The van der Waals surface area contributed by atoms with Crippen molar-refractivity contribution in [3.05, 3.63) is 56.9 Å². The summed E-state index contributed by atoms with van der Waals surface area (Å²) in [6, 6.07) is 3.58. The molecule has 0 saturated carbocycles. The SMILES string of the molecule is CC(C=NNC(=O)C[n+]1c[nH]c2c1c(=O)n(C)c(=O)n2C)=Cc1ccco1. The number of aromatic nitrogens is 4. The van der Waals surface area contributed by atoms with Gasteiger partial charge in [0.15, 0.2) is 6.54 Å². The van der Waals surface area contributed by atoms with Crippen molar-refractivity contribution in [2.24, 2.45) is 19.2 Å². The van der Waals surface area contributed by atoms with Crippen LogP contribution in [-0.2, 0) is 25.4 Å². The first-order valence-corrected chi connectivity index (χ1v) is 8.08. The highest BCUT2D eigenvalue weighted by molar-refractivity contribution is 5.85. The van der Waals surface area contributed by atoms with Gasteiger partial charge in [-0.15, -0.1) is 0 Å². The number of allylic oxidation sites excluding steroid dienone is 1. The second-order valence-electron chi connectivity index (χ2n) is 6.00. The van der Waals surface area contributed by atoms with Crippen LogP contribution in [0.3, 0.4) is 0 Å². The number of carbonyl (C=O) groups excluding carboxylic acids is 1. The number of aryl methyl sites for hydroxylation is 1. The Labute approximate surface area is 153 Å². The van der Waals surface area contributed by atoms with Gasteiger partial charge in [0, 0.05) is 14.1 Å². The van der Waals surface area contributed by atoms with Gasteiger partial charge in [0.05, 0.1) is 12.5 Å². The number of hydrogen-bond donors (Lipinski definition) is 2. The molecule has 0 aliphatic carbocycles. The molecular formula is C17H19N6O4+. The van der Waals surface area contributed by atoms with E-state index >= 15 is 0 Å². The molecule has 10 nitrogen and oxygen atoms in total. The average molecular weight is 371 g/mol. The molecule has 0 saturated heterocycles. The third-order valence-corrected chi connectivity index (χ3v) is 3.97.